The number of anilines is 1. The standard InChI is InChI=1S/C20H19N3O5S/c24-20(18-12-21-19-9-8-14(23(25)26)11-17(18)19)22-13-4-3-7-16(10-13)29(27,28)15-5-1-2-6-15/h3-4,7-12,15,21H,1-2,5-6H2,(H,22,24). The van der Waals surface area contributed by atoms with Gasteiger partial charge in [0, 0.05) is 34.9 Å². The molecule has 0 radical (unpaired) electrons. The number of fused-ring (bicyclic) bond motifs is 1. The van der Waals surface area contributed by atoms with Crippen LogP contribution in [-0.4, -0.2) is 29.5 Å². The number of hydrogen-bond acceptors (Lipinski definition) is 5. The summed E-state index contributed by atoms with van der Waals surface area (Å²) >= 11 is 0. The highest BCUT2D eigenvalue weighted by Crippen LogP contribution is 2.31. The highest BCUT2D eigenvalue weighted by molar-refractivity contribution is 7.92. The third-order valence-corrected chi connectivity index (χ3v) is 7.54. The van der Waals surface area contributed by atoms with Crippen LogP contribution in [0.25, 0.3) is 10.9 Å². The second-order valence-corrected chi connectivity index (χ2v) is 9.35. The molecular weight excluding hydrogens is 394 g/mol. The van der Waals surface area contributed by atoms with E-state index in [1.54, 1.807) is 24.3 Å². The summed E-state index contributed by atoms with van der Waals surface area (Å²) < 4.78 is 25.6. The van der Waals surface area contributed by atoms with Gasteiger partial charge in [-0.15, -0.1) is 0 Å². The summed E-state index contributed by atoms with van der Waals surface area (Å²) in [5.74, 6) is -0.479. The number of aromatic nitrogens is 1. The molecule has 2 aromatic carbocycles. The molecule has 1 heterocycles. The van der Waals surface area contributed by atoms with E-state index in [0.717, 1.165) is 12.8 Å². The Morgan fingerprint density at radius 3 is 2.62 bits per heavy atom. The Hall–Kier alpha value is -3.20. The molecule has 1 fully saturated rings. The molecule has 2 N–H and O–H groups in total. The first-order valence-corrected chi connectivity index (χ1v) is 10.8. The maximum atomic E-state index is 12.8. The molecule has 1 aliphatic rings. The van der Waals surface area contributed by atoms with Crippen molar-refractivity contribution in [3.05, 3.63) is 64.3 Å². The highest BCUT2D eigenvalue weighted by atomic mass is 32.2. The number of carbonyl (C=O) groups is 1. The zero-order chi connectivity index (χ0) is 20.6. The van der Waals surface area contributed by atoms with Crippen molar-refractivity contribution in [2.45, 2.75) is 35.8 Å². The first kappa shape index (κ1) is 19.1. The van der Waals surface area contributed by atoms with Crippen LogP contribution < -0.4 is 5.32 Å². The van der Waals surface area contributed by atoms with Gasteiger partial charge < -0.3 is 10.3 Å². The third kappa shape index (κ3) is 3.61. The van der Waals surface area contributed by atoms with Gasteiger partial charge in [0.15, 0.2) is 9.84 Å². The molecule has 1 aliphatic carbocycles. The van der Waals surface area contributed by atoms with E-state index in [9.17, 15) is 23.3 Å². The summed E-state index contributed by atoms with van der Waals surface area (Å²) in [5, 5.41) is 13.8. The van der Waals surface area contributed by atoms with E-state index >= 15 is 0 Å². The molecule has 9 heteroatoms. The molecule has 1 aromatic heterocycles. The van der Waals surface area contributed by atoms with E-state index in [-0.39, 0.29) is 21.4 Å². The molecule has 0 aliphatic heterocycles. The number of nitro benzene ring substituents is 1. The third-order valence-electron chi connectivity index (χ3n) is 5.28. The number of amides is 1. The molecule has 0 bridgehead atoms. The Morgan fingerprint density at radius 1 is 1.14 bits per heavy atom. The van der Waals surface area contributed by atoms with Crippen LogP contribution in [-0.2, 0) is 9.84 Å². The van der Waals surface area contributed by atoms with Crippen molar-refractivity contribution in [2.75, 3.05) is 5.32 Å². The summed E-state index contributed by atoms with van der Waals surface area (Å²) in [5.41, 5.74) is 1.08. The van der Waals surface area contributed by atoms with E-state index in [1.165, 1.54) is 24.4 Å². The fourth-order valence-electron chi connectivity index (χ4n) is 3.75. The van der Waals surface area contributed by atoms with Crippen LogP contribution in [0.15, 0.2) is 53.6 Å². The van der Waals surface area contributed by atoms with Crippen LogP contribution >= 0.6 is 0 Å². The van der Waals surface area contributed by atoms with Gasteiger partial charge in [-0.05, 0) is 37.1 Å². The summed E-state index contributed by atoms with van der Waals surface area (Å²) in [4.78, 5) is 26.3. The lowest BCUT2D eigenvalue weighted by Crippen LogP contribution is -2.18. The molecule has 0 atom stereocenters. The zero-order valence-corrected chi connectivity index (χ0v) is 16.2. The zero-order valence-electron chi connectivity index (χ0n) is 15.4. The quantitative estimate of drug-likeness (QED) is 0.483. The molecule has 0 unspecified atom stereocenters. The molecule has 0 saturated heterocycles. The van der Waals surface area contributed by atoms with E-state index < -0.39 is 20.7 Å². The Balaban J connectivity index is 1.62. The van der Waals surface area contributed by atoms with Crippen molar-refractivity contribution in [1.29, 1.82) is 0 Å². The number of nitrogens with zero attached hydrogens (tertiary/aromatic N) is 1. The Morgan fingerprint density at radius 2 is 1.90 bits per heavy atom. The number of nitrogens with one attached hydrogen (secondary N) is 2. The number of nitro groups is 1. The Labute approximate surface area is 167 Å². The maximum Gasteiger partial charge on any atom is 0.270 e. The first-order chi connectivity index (χ1) is 13.9. The molecule has 1 amide bonds. The fourth-order valence-corrected chi connectivity index (χ4v) is 5.65. The first-order valence-electron chi connectivity index (χ1n) is 9.27. The maximum absolute atomic E-state index is 12.8. The summed E-state index contributed by atoms with van der Waals surface area (Å²) in [6, 6.07) is 10.4. The fraction of sp³-hybridized carbons (Fsp3) is 0.250. The number of sulfone groups is 1. The van der Waals surface area contributed by atoms with Gasteiger partial charge in [0.05, 0.1) is 20.6 Å². The van der Waals surface area contributed by atoms with E-state index in [4.69, 9.17) is 0 Å². The van der Waals surface area contributed by atoms with Crippen molar-refractivity contribution in [3.8, 4) is 0 Å². The van der Waals surface area contributed by atoms with Gasteiger partial charge in [0.2, 0.25) is 0 Å². The van der Waals surface area contributed by atoms with Gasteiger partial charge in [0.25, 0.3) is 11.6 Å². The second-order valence-electron chi connectivity index (χ2n) is 7.12. The van der Waals surface area contributed by atoms with Gasteiger partial charge in [-0.2, -0.15) is 0 Å². The van der Waals surface area contributed by atoms with Crippen molar-refractivity contribution in [2.24, 2.45) is 0 Å². The van der Waals surface area contributed by atoms with Crippen molar-refractivity contribution in [1.82, 2.24) is 4.98 Å². The molecule has 1 saturated carbocycles. The molecular formula is C20H19N3O5S. The Bertz CT molecular complexity index is 1210. The average molecular weight is 413 g/mol. The van der Waals surface area contributed by atoms with Gasteiger partial charge in [-0.1, -0.05) is 18.9 Å². The minimum atomic E-state index is -3.43. The van der Waals surface area contributed by atoms with Gasteiger partial charge in [-0.25, -0.2) is 8.42 Å². The normalized spacial score (nSPS) is 14.9. The summed E-state index contributed by atoms with van der Waals surface area (Å²) in [7, 11) is -3.43. The lowest BCUT2D eigenvalue weighted by molar-refractivity contribution is -0.384. The number of hydrogen-bond donors (Lipinski definition) is 2. The molecule has 0 spiro atoms. The molecule has 150 valence electrons. The topological polar surface area (TPSA) is 122 Å². The molecule has 8 nitrogen and oxygen atoms in total. The lowest BCUT2D eigenvalue weighted by atomic mass is 10.1. The minimum Gasteiger partial charge on any atom is -0.360 e. The van der Waals surface area contributed by atoms with Gasteiger partial charge in [-0.3, -0.25) is 14.9 Å². The number of benzene rings is 2. The number of non-ortho nitro benzene ring substituents is 1. The summed E-state index contributed by atoms with van der Waals surface area (Å²) in [6.07, 6.45) is 4.61. The van der Waals surface area contributed by atoms with Crippen LogP contribution in [0.2, 0.25) is 0 Å². The largest absolute Gasteiger partial charge is 0.360 e. The van der Waals surface area contributed by atoms with E-state index in [0.29, 0.717) is 29.4 Å². The monoisotopic (exact) mass is 413 g/mol. The van der Waals surface area contributed by atoms with Crippen molar-refractivity contribution < 1.29 is 18.1 Å². The van der Waals surface area contributed by atoms with Crippen LogP contribution in [0.3, 0.4) is 0 Å². The number of H-pyrrole nitrogens is 1. The minimum absolute atomic E-state index is 0.115. The predicted molar refractivity (Wildman–Crippen MR) is 109 cm³/mol. The Kier molecular flexibility index (Phi) is 4.83. The smallest absolute Gasteiger partial charge is 0.270 e. The van der Waals surface area contributed by atoms with Gasteiger partial charge in [0.1, 0.15) is 0 Å². The van der Waals surface area contributed by atoms with Crippen LogP contribution in [0.1, 0.15) is 36.0 Å². The van der Waals surface area contributed by atoms with E-state index in [2.05, 4.69) is 10.3 Å². The van der Waals surface area contributed by atoms with Crippen LogP contribution in [0.5, 0.6) is 0 Å². The number of rotatable bonds is 5. The number of carbonyl (C=O) groups excluding carboxylic acids is 1. The lowest BCUT2D eigenvalue weighted by Gasteiger charge is -2.12. The molecule has 29 heavy (non-hydrogen) atoms. The average Bonchev–Trinajstić information content (AvgIpc) is 3.38. The van der Waals surface area contributed by atoms with Crippen molar-refractivity contribution in [3.63, 3.8) is 0 Å². The summed E-state index contributed by atoms with van der Waals surface area (Å²) in [6.45, 7) is 0. The molecule has 3 aromatic rings. The second kappa shape index (κ2) is 7.32. The SMILES string of the molecule is O=C(Nc1cccc(S(=O)(=O)C2CCCC2)c1)c1c[nH]c2ccc([N+](=O)[O-])cc12. The van der Waals surface area contributed by atoms with E-state index in [1.807, 2.05) is 0 Å². The highest BCUT2D eigenvalue weighted by Gasteiger charge is 2.30. The van der Waals surface area contributed by atoms with Crippen LogP contribution in [0, 0.1) is 10.1 Å². The van der Waals surface area contributed by atoms with Gasteiger partial charge >= 0.3 is 0 Å². The van der Waals surface area contributed by atoms with Crippen LogP contribution in [0.4, 0.5) is 11.4 Å². The predicted octanol–water partition coefficient (Wildman–Crippen LogP) is 4.04. The van der Waals surface area contributed by atoms with Crippen molar-refractivity contribution >= 4 is 38.0 Å². The number of aromatic amines is 1. The molecule has 4 rings (SSSR count).